The van der Waals surface area contributed by atoms with Crippen LogP contribution in [0.15, 0.2) is 84.2 Å². The van der Waals surface area contributed by atoms with Gasteiger partial charge in [0.15, 0.2) is 0 Å². The van der Waals surface area contributed by atoms with Crippen LogP contribution in [0.2, 0.25) is 0 Å². The maximum Gasteiger partial charge on any atom is 0.0182 e. The molecular formula is C19H25N. The third-order valence-electron chi connectivity index (χ3n) is 3.09. The number of nitrogens with one attached hydrogen (secondary N) is 1. The first-order valence-electron chi connectivity index (χ1n) is 7.18. The SMILES string of the molecule is C=C/C=C\C=C/CC(/C=C\C)=C/C1=CNCC/C1=C\C. The Morgan fingerprint density at radius 2 is 2.15 bits per heavy atom. The van der Waals surface area contributed by atoms with E-state index in [-0.39, 0.29) is 0 Å². The predicted molar refractivity (Wildman–Crippen MR) is 90.5 cm³/mol. The van der Waals surface area contributed by atoms with E-state index in [1.807, 2.05) is 12.2 Å². The molecule has 0 unspecified atom stereocenters. The van der Waals surface area contributed by atoms with Gasteiger partial charge >= 0.3 is 0 Å². The molecule has 106 valence electrons. The third kappa shape index (κ3) is 5.75. The molecule has 0 atom stereocenters. The Morgan fingerprint density at radius 3 is 2.85 bits per heavy atom. The lowest BCUT2D eigenvalue weighted by atomic mass is 9.97. The summed E-state index contributed by atoms with van der Waals surface area (Å²) in [6.45, 7) is 8.85. The van der Waals surface area contributed by atoms with Crippen molar-refractivity contribution in [3.8, 4) is 0 Å². The van der Waals surface area contributed by atoms with Crippen LogP contribution in [0, 0.1) is 0 Å². The van der Waals surface area contributed by atoms with Gasteiger partial charge in [0.05, 0.1) is 0 Å². The summed E-state index contributed by atoms with van der Waals surface area (Å²) in [4.78, 5) is 0. The van der Waals surface area contributed by atoms with E-state index in [0.29, 0.717) is 0 Å². The first-order valence-corrected chi connectivity index (χ1v) is 7.18. The van der Waals surface area contributed by atoms with Crippen molar-refractivity contribution in [2.45, 2.75) is 26.7 Å². The van der Waals surface area contributed by atoms with Crippen molar-refractivity contribution in [3.05, 3.63) is 84.2 Å². The molecule has 0 aliphatic carbocycles. The zero-order valence-corrected chi connectivity index (χ0v) is 12.6. The molecular weight excluding hydrogens is 242 g/mol. The molecule has 1 N–H and O–H groups in total. The fourth-order valence-corrected chi connectivity index (χ4v) is 2.09. The molecule has 1 aliphatic rings. The highest BCUT2D eigenvalue weighted by molar-refractivity contribution is 5.45. The van der Waals surface area contributed by atoms with Crippen LogP contribution in [0.25, 0.3) is 0 Å². The van der Waals surface area contributed by atoms with E-state index in [0.717, 1.165) is 19.4 Å². The zero-order valence-electron chi connectivity index (χ0n) is 12.6. The van der Waals surface area contributed by atoms with E-state index in [9.17, 15) is 0 Å². The van der Waals surface area contributed by atoms with Crippen molar-refractivity contribution < 1.29 is 0 Å². The quantitative estimate of drug-likeness (QED) is 0.668. The lowest BCUT2D eigenvalue weighted by Gasteiger charge is -2.16. The smallest absolute Gasteiger partial charge is 0.0182 e. The van der Waals surface area contributed by atoms with E-state index in [1.54, 1.807) is 6.08 Å². The monoisotopic (exact) mass is 267 g/mol. The summed E-state index contributed by atoms with van der Waals surface area (Å²) in [5.74, 6) is 0. The van der Waals surface area contributed by atoms with Gasteiger partial charge in [-0.2, -0.15) is 0 Å². The normalized spacial score (nSPS) is 19.0. The van der Waals surface area contributed by atoms with E-state index >= 15 is 0 Å². The van der Waals surface area contributed by atoms with Gasteiger partial charge in [-0.3, -0.25) is 0 Å². The second-order valence-electron chi connectivity index (χ2n) is 4.59. The van der Waals surface area contributed by atoms with E-state index in [2.05, 4.69) is 68.4 Å². The molecule has 0 amide bonds. The predicted octanol–water partition coefficient (Wildman–Crippen LogP) is 5.00. The second kappa shape index (κ2) is 9.85. The summed E-state index contributed by atoms with van der Waals surface area (Å²) < 4.78 is 0. The molecule has 0 fully saturated rings. The van der Waals surface area contributed by atoms with E-state index < -0.39 is 0 Å². The van der Waals surface area contributed by atoms with Gasteiger partial charge < -0.3 is 5.32 Å². The molecule has 1 nitrogen and oxygen atoms in total. The maximum atomic E-state index is 3.65. The van der Waals surface area contributed by atoms with Crippen LogP contribution < -0.4 is 5.32 Å². The van der Waals surface area contributed by atoms with Crippen LogP contribution in [-0.4, -0.2) is 6.54 Å². The fraction of sp³-hybridized carbons (Fsp3) is 0.263. The second-order valence-corrected chi connectivity index (χ2v) is 4.59. The van der Waals surface area contributed by atoms with E-state index in [4.69, 9.17) is 0 Å². The highest BCUT2D eigenvalue weighted by atomic mass is 14.8. The average Bonchev–Trinajstić information content (AvgIpc) is 2.47. The minimum absolute atomic E-state index is 0.931. The molecule has 20 heavy (non-hydrogen) atoms. The van der Waals surface area contributed by atoms with Crippen molar-refractivity contribution in [2.24, 2.45) is 0 Å². The van der Waals surface area contributed by atoms with Crippen LogP contribution in [0.5, 0.6) is 0 Å². The zero-order chi connectivity index (χ0) is 14.6. The van der Waals surface area contributed by atoms with Gasteiger partial charge in [0.25, 0.3) is 0 Å². The summed E-state index contributed by atoms with van der Waals surface area (Å²) in [5, 5.41) is 3.32. The van der Waals surface area contributed by atoms with Crippen molar-refractivity contribution >= 4 is 0 Å². The van der Waals surface area contributed by atoms with Gasteiger partial charge in [0.1, 0.15) is 0 Å². The Bertz CT molecular complexity index is 482. The summed E-state index contributed by atoms with van der Waals surface area (Å²) in [6, 6.07) is 0. The average molecular weight is 267 g/mol. The number of hydrogen-bond acceptors (Lipinski definition) is 1. The Hall–Kier alpha value is -2.02. The first kappa shape index (κ1) is 16.0. The fourth-order valence-electron chi connectivity index (χ4n) is 2.09. The third-order valence-corrected chi connectivity index (χ3v) is 3.09. The highest BCUT2D eigenvalue weighted by Gasteiger charge is 2.06. The van der Waals surface area contributed by atoms with Gasteiger partial charge in [-0.15, -0.1) is 0 Å². The van der Waals surface area contributed by atoms with Crippen LogP contribution in [0.4, 0.5) is 0 Å². The molecule has 1 aliphatic heterocycles. The van der Waals surface area contributed by atoms with E-state index in [1.165, 1.54) is 16.7 Å². The van der Waals surface area contributed by atoms with Crippen LogP contribution >= 0.6 is 0 Å². The topological polar surface area (TPSA) is 12.0 Å². The van der Waals surface area contributed by atoms with Crippen molar-refractivity contribution in [1.29, 1.82) is 0 Å². The summed E-state index contributed by atoms with van der Waals surface area (Å²) in [7, 11) is 0. The molecule has 1 rings (SSSR count). The molecule has 0 spiro atoms. The first-order chi connectivity index (χ1) is 9.81. The van der Waals surface area contributed by atoms with Gasteiger partial charge in [-0.1, -0.05) is 55.2 Å². The molecule has 0 aromatic rings. The molecule has 0 bridgehead atoms. The lowest BCUT2D eigenvalue weighted by Crippen LogP contribution is -2.15. The van der Waals surface area contributed by atoms with Crippen molar-refractivity contribution in [3.63, 3.8) is 0 Å². The summed E-state index contributed by atoms with van der Waals surface area (Å²) in [6.07, 6.45) is 22.8. The van der Waals surface area contributed by atoms with Gasteiger partial charge in [0, 0.05) is 12.7 Å². The lowest BCUT2D eigenvalue weighted by molar-refractivity contribution is 0.794. The Morgan fingerprint density at radius 1 is 1.30 bits per heavy atom. The standard InChI is InChI=1S/C19H25N/c1-4-7-8-9-10-12-17(11-5-2)15-19-16-20-14-13-18(19)6-3/h4-11,15-16,20H,1,12-14H2,2-3H3/b8-7-,10-9-,11-5-,17-15+,18-6+. The highest BCUT2D eigenvalue weighted by Crippen LogP contribution is 2.21. The molecule has 1 heteroatoms. The number of rotatable bonds is 6. The Kier molecular flexibility index (Phi) is 7.90. The van der Waals surface area contributed by atoms with Crippen molar-refractivity contribution in [2.75, 3.05) is 6.54 Å². The summed E-state index contributed by atoms with van der Waals surface area (Å²) in [5.41, 5.74) is 4.02. The molecule has 0 saturated heterocycles. The molecule has 0 radical (unpaired) electrons. The van der Waals surface area contributed by atoms with Gasteiger partial charge in [-0.25, -0.2) is 0 Å². The molecule has 0 aromatic carbocycles. The van der Waals surface area contributed by atoms with Crippen LogP contribution in [-0.2, 0) is 0 Å². The van der Waals surface area contributed by atoms with Gasteiger partial charge in [-0.05, 0) is 49.5 Å². The van der Waals surface area contributed by atoms with Crippen molar-refractivity contribution in [1.82, 2.24) is 5.32 Å². The van der Waals surface area contributed by atoms with Crippen LogP contribution in [0.3, 0.4) is 0 Å². The number of allylic oxidation sites excluding steroid dienone is 11. The largest absolute Gasteiger partial charge is 0.390 e. The molecule has 0 saturated carbocycles. The van der Waals surface area contributed by atoms with Crippen LogP contribution in [0.1, 0.15) is 26.7 Å². The minimum atomic E-state index is 0.931. The Labute approximate surface area is 123 Å². The maximum absolute atomic E-state index is 3.65. The summed E-state index contributed by atoms with van der Waals surface area (Å²) >= 11 is 0. The minimum Gasteiger partial charge on any atom is -0.390 e. The van der Waals surface area contributed by atoms with Gasteiger partial charge in [0.2, 0.25) is 0 Å². The molecule has 0 aromatic heterocycles. The number of hydrogen-bond donors (Lipinski definition) is 1. The Balaban J connectivity index is 2.81. The molecule has 1 heterocycles.